The van der Waals surface area contributed by atoms with E-state index in [9.17, 15) is 9.59 Å². The van der Waals surface area contributed by atoms with E-state index in [1.807, 2.05) is 19.1 Å². The van der Waals surface area contributed by atoms with Crippen LogP contribution >= 0.6 is 15.9 Å². The van der Waals surface area contributed by atoms with Gasteiger partial charge in [0.2, 0.25) is 0 Å². The normalized spacial score (nSPS) is 10.9. The first-order valence-electron chi connectivity index (χ1n) is 7.45. The third-order valence-corrected chi connectivity index (χ3v) is 4.44. The number of hydrogen-bond donors (Lipinski definition) is 1. The van der Waals surface area contributed by atoms with Crippen LogP contribution < -0.4 is 5.32 Å². The number of nitrogens with zero attached hydrogens (tertiary/aromatic N) is 2. The lowest BCUT2D eigenvalue weighted by Crippen LogP contribution is -2.17. The molecule has 25 heavy (non-hydrogen) atoms. The van der Waals surface area contributed by atoms with Crippen molar-refractivity contribution in [3.8, 4) is 0 Å². The number of carbonyl (C=O) groups excluding carboxylic acids is 2. The number of carbonyl (C=O) groups is 2. The second kappa shape index (κ2) is 6.36. The molecule has 0 saturated carbocycles. The molecule has 1 aromatic carbocycles. The first-order chi connectivity index (χ1) is 11.8. The Morgan fingerprint density at radius 3 is 2.72 bits per heavy atom. The van der Waals surface area contributed by atoms with Gasteiger partial charge in [0.1, 0.15) is 5.58 Å². The predicted octanol–water partition coefficient (Wildman–Crippen LogP) is 3.58. The summed E-state index contributed by atoms with van der Waals surface area (Å²) >= 11 is 3.41. The molecule has 1 N–H and O–H groups in total. The van der Waals surface area contributed by atoms with Crippen LogP contribution in [0.25, 0.3) is 11.0 Å². The lowest BCUT2D eigenvalue weighted by molar-refractivity contribution is 0.0589. The van der Waals surface area contributed by atoms with Gasteiger partial charge in [0.05, 0.1) is 18.5 Å². The number of nitrogens with one attached hydrogen (secondary N) is 1. The third-order valence-electron chi connectivity index (χ3n) is 3.94. The predicted molar refractivity (Wildman–Crippen MR) is 95.9 cm³/mol. The number of hydrogen-bond acceptors (Lipinski definition) is 5. The van der Waals surface area contributed by atoms with Gasteiger partial charge in [0.15, 0.2) is 11.5 Å². The van der Waals surface area contributed by atoms with Gasteiger partial charge in [0.25, 0.3) is 5.91 Å². The second-order valence-electron chi connectivity index (χ2n) is 5.57. The van der Waals surface area contributed by atoms with Gasteiger partial charge in [-0.2, -0.15) is 5.10 Å². The van der Waals surface area contributed by atoms with Gasteiger partial charge < -0.3 is 14.5 Å². The molecule has 0 aliphatic heterocycles. The Bertz CT molecular complexity index is 1000. The molecule has 0 aliphatic rings. The summed E-state index contributed by atoms with van der Waals surface area (Å²) < 4.78 is 12.7. The fraction of sp³-hybridized carbons (Fsp3) is 0.235. The van der Waals surface area contributed by atoms with E-state index in [1.165, 1.54) is 11.8 Å². The quantitative estimate of drug-likeness (QED) is 0.672. The van der Waals surface area contributed by atoms with E-state index in [0.29, 0.717) is 17.0 Å². The van der Waals surface area contributed by atoms with E-state index in [1.54, 1.807) is 20.0 Å². The molecule has 0 spiro atoms. The van der Waals surface area contributed by atoms with Crippen molar-refractivity contribution in [3.05, 3.63) is 45.4 Å². The van der Waals surface area contributed by atoms with Gasteiger partial charge in [-0.1, -0.05) is 15.9 Å². The Balaban J connectivity index is 2.01. The van der Waals surface area contributed by atoms with Gasteiger partial charge in [-0.3, -0.25) is 9.48 Å². The Hall–Kier alpha value is -2.61. The fourth-order valence-corrected chi connectivity index (χ4v) is 3.08. The minimum atomic E-state index is -0.580. The van der Waals surface area contributed by atoms with Crippen molar-refractivity contribution in [3.63, 3.8) is 0 Å². The minimum Gasteiger partial charge on any atom is -0.464 e. The van der Waals surface area contributed by atoms with Crippen molar-refractivity contribution in [1.29, 1.82) is 0 Å². The molecular weight excluding hydrogens is 390 g/mol. The maximum Gasteiger partial charge on any atom is 0.358 e. The minimum absolute atomic E-state index is 0.171. The molecule has 2 aromatic heterocycles. The second-order valence-corrected chi connectivity index (χ2v) is 6.49. The number of halogens is 1. The number of furan rings is 1. The number of rotatable bonds is 3. The van der Waals surface area contributed by atoms with Crippen LogP contribution in [0.15, 0.2) is 27.1 Å². The smallest absolute Gasteiger partial charge is 0.358 e. The van der Waals surface area contributed by atoms with Crippen molar-refractivity contribution in [2.75, 3.05) is 12.4 Å². The van der Waals surface area contributed by atoms with Crippen molar-refractivity contribution in [1.82, 2.24) is 9.78 Å². The van der Waals surface area contributed by atoms with Crippen LogP contribution in [0.2, 0.25) is 0 Å². The van der Waals surface area contributed by atoms with Crippen LogP contribution in [0.1, 0.15) is 32.3 Å². The van der Waals surface area contributed by atoms with Gasteiger partial charge in [0, 0.05) is 22.5 Å². The summed E-state index contributed by atoms with van der Waals surface area (Å²) in [5.41, 5.74) is 2.31. The van der Waals surface area contributed by atoms with Gasteiger partial charge in [-0.15, -0.1) is 0 Å². The van der Waals surface area contributed by atoms with Crippen molar-refractivity contribution >= 4 is 44.5 Å². The van der Waals surface area contributed by atoms with Gasteiger partial charge in [-0.25, -0.2) is 4.79 Å². The van der Waals surface area contributed by atoms with E-state index in [2.05, 4.69) is 26.3 Å². The van der Waals surface area contributed by atoms with Crippen LogP contribution in [0, 0.1) is 13.8 Å². The molecule has 7 nitrogen and oxygen atoms in total. The summed E-state index contributed by atoms with van der Waals surface area (Å²) in [6.07, 6.45) is 0. The summed E-state index contributed by atoms with van der Waals surface area (Å²) in [5, 5.41) is 7.73. The highest BCUT2D eigenvalue weighted by Crippen LogP contribution is 2.29. The Morgan fingerprint density at radius 2 is 2.04 bits per heavy atom. The molecule has 0 radical (unpaired) electrons. The fourth-order valence-electron chi connectivity index (χ4n) is 2.72. The Labute approximate surface area is 152 Å². The number of fused-ring (bicyclic) bond motifs is 1. The zero-order valence-electron chi connectivity index (χ0n) is 14.1. The summed E-state index contributed by atoms with van der Waals surface area (Å²) in [6.45, 7) is 3.51. The number of ether oxygens (including phenoxy) is 1. The first kappa shape index (κ1) is 17.2. The topological polar surface area (TPSA) is 86.4 Å². The van der Waals surface area contributed by atoms with Crippen molar-refractivity contribution < 1.29 is 18.7 Å². The number of methoxy groups -OCH3 is 1. The number of benzene rings is 1. The van der Waals surface area contributed by atoms with Gasteiger partial charge in [-0.05, 0) is 32.0 Å². The third kappa shape index (κ3) is 2.93. The SMILES string of the molecule is COC(=O)c1c(NC(=O)c2oc3ccc(Br)cc3c2C)c(C)nn1C. The zero-order valence-corrected chi connectivity index (χ0v) is 15.7. The van der Waals surface area contributed by atoms with Crippen LogP contribution in [0.4, 0.5) is 5.69 Å². The largest absolute Gasteiger partial charge is 0.464 e. The molecule has 8 heteroatoms. The van der Waals surface area contributed by atoms with Crippen LogP contribution in [0.3, 0.4) is 0 Å². The highest BCUT2D eigenvalue weighted by molar-refractivity contribution is 9.10. The van der Waals surface area contributed by atoms with Crippen molar-refractivity contribution in [2.45, 2.75) is 13.8 Å². The Kier molecular flexibility index (Phi) is 4.38. The molecule has 0 bridgehead atoms. The number of aromatic nitrogens is 2. The van der Waals surface area contributed by atoms with Crippen LogP contribution in [0.5, 0.6) is 0 Å². The first-order valence-corrected chi connectivity index (χ1v) is 8.24. The molecule has 3 aromatic rings. The summed E-state index contributed by atoms with van der Waals surface area (Å²) in [4.78, 5) is 24.7. The number of amides is 1. The van der Waals surface area contributed by atoms with E-state index in [-0.39, 0.29) is 11.5 Å². The molecule has 130 valence electrons. The summed E-state index contributed by atoms with van der Waals surface area (Å²) in [5.74, 6) is -0.845. The molecule has 0 atom stereocenters. The highest BCUT2D eigenvalue weighted by atomic mass is 79.9. The molecule has 0 unspecified atom stereocenters. The number of esters is 1. The molecular formula is C17H16BrN3O4. The monoisotopic (exact) mass is 405 g/mol. The molecule has 1 amide bonds. The zero-order chi connectivity index (χ0) is 18.3. The van der Waals surface area contributed by atoms with E-state index in [0.717, 1.165) is 15.4 Å². The van der Waals surface area contributed by atoms with Gasteiger partial charge >= 0.3 is 5.97 Å². The maximum atomic E-state index is 12.7. The maximum absolute atomic E-state index is 12.7. The number of anilines is 1. The average Bonchev–Trinajstić information content (AvgIpc) is 3.04. The molecule has 2 heterocycles. The lowest BCUT2D eigenvalue weighted by atomic mass is 10.1. The molecule has 0 saturated heterocycles. The van der Waals surface area contributed by atoms with Crippen molar-refractivity contribution in [2.24, 2.45) is 7.05 Å². The lowest BCUT2D eigenvalue weighted by Gasteiger charge is -2.06. The van der Waals surface area contributed by atoms with E-state index < -0.39 is 11.9 Å². The summed E-state index contributed by atoms with van der Waals surface area (Å²) in [6, 6.07) is 5.52. The van der Waals surface area contributed by atoms with Crippen LogP contribution in [-0.4, -0.2) is 28.8 Å². The summed E-state index contributed by atoms with van der Waals surface area (Å²) in [7, 11) is 2.89. The highest BCUT2D eigenvalue weighted by Gasteiger charge is 2.25. The number of aryl methyl sites for hydroxylation is 3. The average molecular weight is 406 g/mol. The molecule has 0 fully saturated rings. The molecule has 3 rings (SSSR count). The molecule has 0 aliphatic carbocycles. The van der Waals surface area contributed by atoms with E-state index >= 15 is 0 Å². The van der Waals surface area contributed by atoms with Crippen LogP contribution in [-0.2, 0) is 11.8 Å². The van der Waals surface area contributed by atoms with E-state index in [4.69, 9.17) is 9.15 Å². The standard InChI is InChI=1S/C17H16BrN3O4/c1-8-11-7-10(18)5-6-12(11)25-15(8)16(22)19-13-9(2)20-21(3)14(13)17(23)24-4/h5-7H,1-4H3,(H,19,22). The Morgan fingerprint density at radius 1 is 1.32 bits per heavy atom.